The molecule has 38 heavy (non-hydrogen) atoms. The van der Waals surface area contributed by atoms with Crippen molar-refractivity contribution in [3.63, 3.8) is 0 Å². The zero-order valence-corrected chi connectivity index (χ0v) is 22.7. The quantitative estimate of drug-likeness (QED) is 0.204. The summed E-state index contributed by atoms with van der Waals surface area (Å²) >= 11 is 14.4. The van der Waals surface area contributed by atoms with Crippen molar-refractivity contribution < 1.29 is 9.53 Å². The molecule has 1 saturated heterocycles. The van der Waals surface area contributed by atoms with Gasteiger partial charge in [-0.15, -0.1) is 0 Å². The molecule has 0 atom stereocenters. The average molecular weight is 560 g/mol. The van der Waals surface area contributed by atoms with Crippen LogP contribution >= 0.6 is 35.0 Å². The number of hydrogen-bond acceptors (Lipinski definition) is 4. The van der Waals surface area contributed by atoms with E-state index in [0.717, 1.165) is 16.7 Å². The van der Waals surface area contributed by atoms with Gasteiger partial charge in [-0.3, -0.25) is 14.7 Å². The first-order valence-corrected chi connectivity index (χ1v) is 13.6. The van der Waals surface area contributed by atoms with Crippen LogP contribution in [0.2, 0.25) is 10.0 Å². The minimum absolute atomic E-state index is 0.109. The van der Waals surface area contributed by atoms with Crippen molar-refractivity contribution in [3.8, 4) is 5.75 Å². The summed E-state index contributed by atoms with van der Waals surface area (Å²) in [6.07, 6.45) is 1.80. The highest BCUT2D eigenvalue weighted by molar-refractivity contribution is 8.18. The van der Waals surface area contributed by atoms with Crippen molar-refractivity contribution >= 4 is 52.1 Å². The van der Waals surface area contributed by atoms with Gasteiger partial charge in [-0.05, 0) is 52.2 Å². The Morgan fingerprint density at radius 3 is 1.95 bits per heavy atom. The highest BCUT2D eigenvalue weighted by Gasteiger charge is 2.33. The minimum atomic E-state index is -0.109. The van der Waals surface area contributed by atoms with Crippen molar-refractivity contribution in [2.45, 2.75) is 19.7 Å². The van der Waals surface area contributed by atoms with Crippen molar-refractivity contribution in [1.29, 1.82) is 0 Å². The standard InChI is InChI=1S/C31H24Cl2N2O2S/c32-26-16-25(17-27(33)29(26)37-21-24-14-8-3-9-15-24)18-28-30(36)35(20-23-12-6-2-7-13-23)31(38-28)34-19-22-10-4-1-5-11-22/h1-18H,19-21H2/b28-18+,34-31?. The molecule has 5 rings (SSSR count). The van der Waals surface area contributed by atoms with Crippen LogP contribution in [-0.2, 0) is 24.5 Å². The molecule has 4 nitrogen and oxygen atoms in total. The Labute approximate surface area is 236 Å². The number of ether oxygens (including phenoxy) is 1. The van der Waals surface area contributed by atoms with Crippen LogP contribution in [0.25, 0.3) is 6.08 Å². The number of aliphatic imine (C=N–C) groups is 1. The number of hydrogen-bond donors (Lipinski definition) is 0. The summed E-state index contributed by atoms with van der Waals surface area (Å²) < 4.78 is 5.89. The number of amides is 1. The Morgan fingerprint density at radius 2 is 1.34 bits per heavy atom. The highest BCUT2D eigenvalue weighted by Crippen LogP contribution is 2.38. The lowest BCUT2D eigenvalue weighted by molar-refractivity contribution is -0.122. The van der Waals surface area contributed by atoms with Crippen molar-refractivity contribution in [1.82, 2.24) is 4.90 Å². The van der Waals surface area contributed by atoms with Gasteiger partial charge in [-0.1, -0.05) is 114 Å². The summed E-state index contributed by atoms with van der Waals surface area (Å²) in [6, 6.07) is 33.2. The van der Waals surface area contributed by atoms with Gasteiger partial charge in [0.2, 0.25) is 0 Å². The lowest BCUT2D eigenvalue weighted by Gasteiger charge is -2.15. The molecule has 0 bridgehead atoms. The molecule has 4 aromatic carbocycles. The van der Waals surface area contributed by atoms with Gasteiger partial charge in [-0.2, -0.15) is 0 Å². The summed E-state index contributed by atoms with van der Waals surface area (Å²) in [5, 5.41) is 1.43. The zero-order chi connectivity index (χ0) is 26.3. The van der Waals surface area contributed by atoms with E-state index in [1.165, 1.54) is 11.8 Å². The van der Waals surface area contributed by atoms with Crippen LogP contribution in [0.4, 0.5) is 0 Å². The van der Waals surface area contributed by atoms with Crippen LogP contribution in [0.1, 0.15) is 22.3 Å². The van der Waals surface area contributed by atoms with Gasteiger partial charge in [-0.25, -0.2) is 0 Å². The van der Waals surface area contributed by atoms with E-state index in [-0.39, 0.29) is 5.91 Å². The summed E-state index contributed by atoms with van der Waals surface area (Å²) in [5.41, 5.74) is 3.84. The number of rotatable bonds is 8. The van der Waals surface area contributed by atoms with Crippen LogP contribution in [0.3, 0.4) is 0 Å². The number of carbonyl (C=O) groups excluding carboxylic acids is 1. The lowest BCUT2D eigenvalue weighted by Crippen LogP contribution is -2.28. The summed E-state index contributed by atoms with van der Waals surface area (Å²) in [6.45, 7) is 1.27. The molecule has 1 aliphatic rings. The van der Waals surface area contributed by atoms with Gasteiger partial charge in [0, 0.05) is 0 Å². The van der Waals surface area contributed by atoms with Crippen molar-refractivity contribution in [2.24, 2.45) is 4.99 Å². The Balaban J connectivity index is 1.39. The Hall–Kier alpha value is -3.51. The van der Waals surface area contributed by atoms with E-state index in [1.807, 2.05) is 91.0 Å². The van der Waals surface area contributed by atoms with Crippen molar-refractivity contribution in [2.75, 3.05) is 0 Å². The molecule has 4 aromatic rings. The Morgan fingerprint density at radius 1 is 0.789 bits per heavy atom. The monoisotopic (exact) mass is 558 g/mol. The van der Waals surface area contributed by atoms with Crippen LogP contribution in [-0.4, -0.2) is 16.0 Å². The molecular weight excluding hydrogens is 535 g/mol. The van der Waals surface area contributed by atoms with Gasteiger partial charge in [0.25, 0.3) is 5.91 Å². The van der Waals surface area contributed by atoms with E-state index in [9.17, 15) is 4.79 Å². The molecule has 1 amide bonds. The van der Waals surface area contributed by atoms with Crippen LogP contribution in [0.15, 0.2) is 113 Å². The molecule has 1 fully saturated rings. The molecule has 0 spiro atoms. The molecule has 0 aromatic heterocycles. The first-order chi connectivity index (χ1) is 18.6. The van der Waals surface area contributed by atoms with Gasteiger partial charge in [0.05, 0.1) is 28.0 Å². The summed E-state index contributed by atoms with van der Waals surface area (Å²) in [4.78, 5) is 20.6. The molecule has 0 radical (unpaired) electrons. The zero-order valence-electron chi connectivity index (χ0n) is 20.4. The van der Waals surface area contributed by atoms with Gasteiger partial charge in [0.1, 0.15) is 6.61 Å². The topological polar surface area (TPSA) is 41.9 Å². The number of benzene rings is 4. The van der Waals surface area contributed by atoms with Gasteiger partial charge >= 0.3 is 0 Å². The first-order valence-electron chi connectivity index (χ1n) is 12.1. The van der Waals surface area contributed by atoms with E-state index in [0.29, 0.717) is 51.1 Å². The van der Waals surface area contributed by atoms with E-state index >= 15 is 0 Å². The SMILES string of the molecule is O=C1/C(=C\c2cc(Cl)c(OCc3ccccc3)c(Cl)c2)SC(=NCc2ccccc2)N1Cc1ccccc1. The highest BCUT2D eigenvalue weighted by atomic mass is 35.5. The van der Waals surface area contributed by atoms with Crippen LogP contribution < -0.4 is 4.74 Å². The Kier molecular flexibility index (Phi) is 8.49. The molecule has 1 aliphatic heterocycles. The molecule has 0 aliphatic carbocycles. The number of amidine groups is 1. The van der Waals surface area contributed by atoms with Crippen molar-refractivity contribution in [3.05, 3.63) is 140 Å². The van der Waals surface area contributed by atoms with Gasteiger partial charge < -0.3 is 4.74 Å². The fourth-order valence-electron chi connectivity index (χ4n) is 3.96. The summed E-state index contributed by atoms with van der Waals surface area (Å²) in [7, 11) is 0. The lowest BCUT2D eigenvalue weighted by atomic mass is 10.2. The predicted octanol–water partition coefficient (Wildman–Crippen LogP) is 8.25. The maximum atomic E-state index is 13.5. The molecule has 0 N–H and O–H groups in total. The number of nitrogens with zero attached hydrogens (tertiary/aromatic N) is 2. The fraction of sp³-hybridized carbons (Fsp3) is 0.0968. The predicted molar refractivity (Wildman–Crippen MR) is 157 cm³/mol. The first kappa shape index (κ1) is 26.1. The van der Waals surface area contributed by atoms with Crippen LogP contribution in [0, 0.1) is 0 Å². The second-order valence-corrected chi connectivity index (χ2v) is 10.5. The maximum Gasteiger partial charge on any atom is 0.267 e. The third kappa shape index (κ3) is 6.48. The molecular formula is C31H24Cl2N2O2S. The molecule has 7 heteroatoms. The minimum Gasteiger partial charge on any atom is -0.486 e. The molecule has 0 unspecified atom stereocenters. The maximum absolute atomic E-state index is 13.5. The van der Waals surface area contributed by atoms with E-state index in [2.05, 4.69) is 0 Å². The third-order valence-corrected chi connectivity index (χ3v) is 7.46. The van der Waals surface area contributed by atoms with Gasteiger partial charge in [0.15, 0.2) is 10.9 Å². The average Bonchev–Trinajstić information content (AvgIpc) is 3.22. The third-order valence-electron chi connectivity index (χ3n) is 5.86. The second kappa shape index (κ2) is 12.4. The number of halogens is 2. The van der Waals surface area contributed by atoms with E-state index < -0.39 is 0 Å². The number of thioether (sulfide) groups is 1. The smallest absolute Gasteiger partial charge is 0.267 e. The molecule has 190 valence electrons. The van der Waals surface area contributed by atoms with E-state index in [1.54, 1.807) is 23.1 Å². The Bertz CT molecular complexity index is 1450. The van der Waals surface area contributed by atoms with Crippen LogP contribution in [0.5, 0.6) is 5.75 Å². The summed E-state index contributed by atoms with van der Waals surface area (Å²) in [5.74, 6) is 0.308. The van der Waals surface area contributed by atoms with E-state index in [4.69, 9.17) is 32.9 Å². The fourth-order valence-corrected chi connectivity index (χ4v) is 5.54. The number of carbonyl (C=O) groups is 1. The largest absolute Gasteiger partial charge is 0.486 e. The molecule has 1 heterocycles. The normalized spacial score (nSPS) is 15.4. The molecule has 0 saturated carbocycles. The second-order valence-electron chi connectivity index (χ2n) is 8.66.